The lowest BCUT2D eigenvalue weighted by atomic mass is 10.2. The van der Waals surface area contributed by atoms with Crippen LogP contribution in [0.2, 0.25) is 0 Å². The molecule has 1 aromatic carbocycles. The fraction of sp³-hybridized carbons (Fsp3) is 0.286. The number of hydrogen-bond acceptors (Lipinski definition) is 4. The van der Waals surface area contributed by atoms with E-state index in [1.54, 1.807) is 17.4 Å². The summed E-state index contributed by atoms with van der Waals surface area (Å²) in [5.41, 5.74) is 0.886. The van der Waals surface area contributed by atoms with E-state index in [1.807, 2.05) is 23.6 Å². The zero-order valence-electron chi connectivity index (χ0n) is 10.7. The van der Waals surface area contributed by atoms with Gasteiger partial charge in [-0.2, -0.15) is 0 Å². The first-order valence-corrected chi connectivity index (χ1v) is 8.05. The molecular weight excluding hydrogens is 340 g/mol. The molecule has 3 rings (SSSR count). The quantitative estimate of drug-likeness (QED) is 0.584. The van der Waals surface area contributed by atoms with Crippen LogP contribution in [0.25, 0.3) is 0 Å². The van der Waals surface area contributed by atoms with Crippen molar-refractivity contribution in [2.24, 2.45) is 0 Å². The van der Waals surface area contributed by atoms with E-state index in [1.165, 1.54) is 4.88 Å². The molecular formula is C14H13BrN2O2S. The Bertz CT molecular complexity index is 626. The van der Waals surface area contributed by atoms with Crippen molar-refractivity contribution in [3.05, 3.63) is 55.2 Å². The summed E-state index contributed by atoms with van der Waals surface area (Å²) < 4.78 is 0.736. The van der Waals surface area contributed by atoms with E-state index in [0.717, 1.165) is 23.9 Å². The normalized spacial score (nSPS) is 14.2. The molecule has 0 N–H and O–H groups in total. The van der Waals surface area contributed by atoms with Gasteiger partial charge >= 0.3 is 0 Å². The fourth-order valence-electron chi connectivity index (χ4n) is 2.25. The van der Waals surface area contributed by atoms with E-state index in [-0.39, 0.29) is 10.6 Å². The van der Waals surface area contributed by atoms with Crippen LogP contribution in [0.3, 0.4) is 0 Å². The van der Waals surface area contributed by atoms with Crippen molar-refractivity contribution < 1.29 is 4.92 Å². The molecule has 4 nitrogen and oxygen atoms in total. The number of thiophene rings is 1. The predicted octanol–water partition coefficient (Wildman–Crippen LogP) is 4.59. The minimum atomic E-state index is -0.302. The van der Waals surface area contributed by atoms with Crippen molar-refractivity contribution in [1.82, 2.24) is 0 Å². The standard InChI is InChI=1S/C14H13BrN2O2S/c15-10-3-6-13(14(8-10)17(18)19)16(11-4-5-11)9-12-2-1-7-20-12/h1-3,6-8,11H,4-5,9H2. The predicted molar refractivity (Wildman–Crippen MR) is 84.3 cm³/mol. The number of rotatable bonds is 5. The Kier molecular flexibility index (Phi) is 3.76. The summed E-state index contributed by atoms with van der Waals surface area (Å²) in [6.07, 6.45) is 2.22. The van der Waals surface area contributed by atoms with Gasteiger partial charge in [0.05, 0.1) is 11.5 Å². The molecule has 0 aliphatic heterocycles. The number of halogens is 1. The lowest BCUT2D eigenvalue weighted by Gasteiger charge is -2.23. The number of nitro groups is 1. The van der Waals surface area contributed by atoms with Crippen LogP contribution >= 0.6 is 27.3 Å². The van der Waals surface area contributed by atoms with Gasteiger partial charge in [-0.3, -0.25) is 10.1 Å². The van der Waals surface area contributed by atoms with Crippen molar-refractivity contribution in [1.29, 1.82) is 0 Å². The van der Waals surface area contributed by atoms with Gasteiger partial charge in [0.2, 0.25) is 0 Å². The first-order valence-electron chi connectivity index (χ1n) is 6.38. The van der Waals surface area contributed by atoms with Crippen molar-refractivity contribution in [2.75, 3.05) is 4.90 Å². The largest absolute Gasteiger partial charge is 0.358 e. The van der Waals surface area contributed by atoms with E-state index in [2.05, 4.69) is 26.9 Å². The highest BCUT2D eigenvalue weighted by atomic mass is 79.9. The van der Waals surface area contributed by atoms with Crippen LogP contribution in [0.15, 0.2) is 40.2 Å². The Morgan fingerprint density at radius 1 is 1.40 bits per heavy atom. The smallest absolute Gasteiger partial charge is 0.293 e. The Labute approximate surface area is 129 Å². The van der Waals surface area contributed by atoms with Gasteiger partial charge in [0.1, 0.15) is 5.69 Å². The van der Waals surface area contributed by atoms with Gasteiger partial charge < -0.3 is 4.90 Å². The van der Waals surface area contributed by atoms with Gasteiger partial charge in [-0.1, -0.05) is 22.0 Å². The topological polar surface area (TPSA) is 46.4 Å². The minimum Gasteiger partial charge on any atom is -0.358 e. The first kappa shape index (κ1) is 13.6. The van der Waals surface area contributed by atoms with Gasteiger partial charge in [0.15, 0.2) is 0 Å². The molecule has 1 saturated carbocycles. The molecule has 1 aliphatic carbocycles. The average Bonchev–Trinajstić information content (AvgIpc) is 3.13. The molecule has 104 valence electrons. The van der Waals surface area contributed by atoms with Gasteiger partial charge in [-0.05, 0) is 36.4 Å². The number of anilines is 1. The first-order chi connectivity index (χ1) is 9.65. The SMILES string of the molecule is O=[N+]([O-])c1cc(Br)ccc1N(Cc1cccs1)C1CC1. The van der Waals surface area contributed by atoms with E-state index in [4.69, 9.17) is 0 Å². The average molecular weight is 353 g/mol. The maximum Gasteiger partial charge on any atom is 0.293 e. The Hall–Kier alpha value is -1.40. The summed E-state index contributed by atoms with van der Waals surface area (Å²) in [6, 6.07) is 9.81. The lowest BCUT2D eigenvalue weighted by molar-refractivity contribution is -0.384. The second-order valence-electron chi connectivity index (χ2n) is 4.83. The number of hydrogen-bond donors (Lipinski definition) is 0. The molecule has 1 aliphatic rings. The van der Waals surface area contributed by atoms with Crippen LogP contribution in [0.4, 0.5) is 11.4 Å². The number of nitro benzene ring substituents is 1. The van der Waals surface area contributed by atoms with Crippen LogP contribution in [-0.2, 0) is 6.54 Å². The molecule has 1 aromatic heterocycles. The van der Waals surface area contributed by atoms with Gasteiger partial charge in [0, 0.05) is 21.5 Å². The van der Waals surface area contributed by atoms with E-state index < -0.39 is 0 Å². The zero-order chi connectivity index (χ0) is 14.1. The third-order valence-corrected chi connectivity index (χ3v) is 4.69. The summed E-state index contributed by atoms with van der Waals surface area (Å²) in [6.45, 7) is 0.741. The third-order valence-electron chi connectivity index (χ3n) is 3.34. The van der Waals surface area contributed by atoms with E-state index >= 15 is 0 Å². The second-order valence-corrected chi connectivity index (χ2v) is 6.78. The van der Waals surface area contributed by atoms with Crippen molar-refractivity contribution in [2.45, 2.75) is 25.4 Å². The Morgan fingerprint density at radius 3 is 2.80 bits per heavy atom. The van der Waals surface area contributed by atoms with E-state index in [0.29, 0.717) is 11.7 Å². The molecule has 0 radical (unpaired) electrons. The van der Waals surface area contributed by atoms with Crippen molar-refractivity contribution in [3.8, 4) is 0 Å². The molecule has 1 fully saturated rings. The second kappa shape index (κ2) is 5.54. The van der Waals surface area contributed by atoms with Gasteiger partial charge in [-0.15, -0.1) is 11.3 Å². The highest BCUT2D eigenvalue weighted by Gasteiger charge is 2.33. The molecule has 0 atom stereocenters. The van der Waals surface area contributed by atoms with Crippen molar-refractivity contribution >= 4 is 38.6 Å². The maximum absolute atomic E-state index is 11.3. The summed E-state index contributed by atoms with van der Waals surface area (Å²) in [7, 11) is 0. The monoisotopic (exact) mass is 352 g/mol. The zero-order valence-corrected chi connectivity index (χ0v) is 13.1. The highest BCUT2D eigenvalue weighted by Crippen LogP contribution is 2.39. The lowest BCUT2D eigenvalue weighted by Crippen LogP contribution is -2.25. The Morgan fingerprint density at radius 2 is 2.20 bits per heavy atom. The number of nitrogens with zero attached hydrogens (tertiary/aromatic N) is 2. The molecule has 0 amide bonds. The molecule has 0 unspecified atom stereocenters. The fourth-order valence-corrected chi connectivity index (χ4v) is 3.30. The summed E-state index contributed by atoms with van der Waals surface area (Å²) in [5.74, 6) is 0. The van der Waals surface area contributed by atoms with Crippen LogP contribution < -0.4 is 4.90 Å². The molecule has 6 heteroatoms. The summed E-state index contributed by atoms with van der Waals surface area (Å²) >= 11 is 4.99. The van der Waals surface area contributed by atoms with Crippen LogP contribution in [0.1, 0.15) is 17.7 Å². The van der Waals surface area contributed by atoms with E-state index in [9.17, 15) is 10.1 Å². The molecule has 0 spiro atoms. The maximum atomic E-state index is 11.3. The molecule has 20 heavy (non-hydrogen) atoms. The Balaban J connectivity index is 1.97. The van der Waals surface area contributed by atoms with Crippen LogP contribution in [-0.4, -0.2) is 11.0 Å². The van der Waals surface area contributed by atoms with Crippen LogP contribution in [0.5, 0.6) is 0 Å². The van der Waals surface area contributed by atoms with Crippen molar-refractivity contribution in [3.63, 3.8) is 0 Å². The molecule has 0 bridgehead atoms. The van der Waals surface area contributed by atoms with Gasteiger partial charge in [0.25, 0.3) is 5.69 Å². The molecule has 0 saturated heterocycles. The summed E-state index contributed by atoms with van der Waals surface area (Å²) in [5, 5.41) is 13.3. The summed E-state index contributed by atoms with van der Waals surface area (Å²) in [4.78, 5) is 14.4. The third kappa shape index (κ3) is 2.86. The molecule has 2 aromatic rings. The van der Waals surface area contributed by atoms with Gasteiger partial charge in [-0.25, -0.2) is 0 Å². The van der Waals surface area contributed by atoms with Crippen LogP contribution in [0, 0.1) is 10.1 Å². The molecule has 1 heterocycles. The minimum absolute atomic E-state index is 0.169. The highest BCUT2D eigenvalue weighted by molar-refractivity contribution is 9.10. The number of benzene rings is 1.